The summed E-state index contributed by atoms with van der Waals surface area (Å²) < 4.78 is 5.20. The SMILES string of the molecule is C/C=C/C=C/C(=O)Oc1ccc(-c2ccc(CCCCC)cc2)nc1. The van der Waals surface area contributed by atoms with Gasteiger partial charge in [-0.2, -0.15) is 0 Å². The molecule has 0 saturated carbocycles. The van der Waals surface area contributed by atoms with Crippen molar-refractivity contribution in [3.63, 3.8) is 0 Å². The van der Waals surface area contributed by atoms with Crippen LogP contribution in [-0.4, -0.2) is 11.0 Å². The fourth-order valence-corrected chi connectivity index (χ4v) is 2.43. The summed E-state index contributed by atoms with van der Waals surface area (Å²) in [6.45, 7) is 4.10. The van der Waals surface area contributed by atoms with Crippen LogP contribution in [0.15, 0.2) is 66.9 Å². The van der Waals surface area contributed by atoms with Crippen molar-refractivity contribution in [2.75, 3.05) is 0 Å². The van der Waals surface area contributed by atoms with Gasteiger partial charge in [-0.15, -0.1) is 0 Å². The van der Waals surface area contributed by atoms with Crippen LogP contribution in [-0.2, 0) is 11.2 Å². The molecule has 3 heteroatoms. The normalized spacial score (nSPS) is 11.3. The van der Waals surface area contributed by atoms with Gasteiger partial charge in [-0.1, -0.05) is 62.3 Å². The minimum Gasteiger partial charge on any atom is -0.422 e. The summed E-state index contributed by atoms with van der Waals surface area (Å²) in [7, 11) is 0. The predicted molar refractivity (Wildman–Crippen MR) is 102 cm³/mol. The molecule has 130 valence electrons. The number of esters is 1. The van der Waals surface area contributed by atoms with E-state index in [0.29, 0.717) is 5.75 Å². The molecule has 0 atom stereocenters. The van der Waals surface area contributed by atoms with Gasteiger partial charge in [0.25, 0.3) is 0 Å². The van der Waals surface area contributed by atoms with Crippen LogP contribution in [0.2, 0.25) is 0 Å². The van der Waals surface area contributed by atoms with Gasteiger partial charge in [0.15, 0.2) is 0 Å². The second kappa shape index (κ2) is 10.2. The molecular formula is C22H25NO2. The number of allylic oxidation sites excluding steroid dienone is 3. The maximum Gasteiger partial charge on any atom is 0.336 e. The average Bonchev–Trinajstić information content (AvgIpc) is 2.63. The Labute approximate surface area is 150 Å². The molecular weight excluding hydrogens is 310 g/mol. The smallest absolute Gasteiger partial charge is 0.336 e. The van der Waals surface area contributed by atoms with Gasteiger partial charge >= 0.3 is 5.97 Å². The average molecular weight is 335 g/mol. The van der Waals surface area contributed by atoms with Crippen LogP contribution in [0.1, 0.15) is 38.7 Å². The first kappa shape index (κ1) is 18.7. The summed E-state index contributed by atoms with van der Waals surface area (Å²) in [4.78, 5) is 16.0. The lowest BCUT2D eigenvalue weighted by Gasteiger charge is -2.05. The van der Waals surface area contributed by atoms with Gasteiger partial charge in [0.2, 0.25) is 0 Å². The number of unbranched alkanes of at least 4 members (excludes halogenated alkanes) is 2. The Kier molecular flexibility index (Phi) is 7.64. The molecule has 0 fully saturated rings. The maximum absolute atomic E-state index is 11.6. The summed E-state index contributed by atoms with van der Waals surface area (Å²) in [6, 6.07) is 12.1. The number of rotatable bonds is 8. The van der Waals surface area contributed by atoms with E-state index in [-0.39, 0.29) is 0 Å². The lowest BCUT2D eigenvalue weighted by molar-refractivity contribution is -0.129. The molecule has 0 aliphatic heterocycles. The molecule has 0 aliphatic carbocycles. The highest BCUT2D eigenvalue weighted by atomic mass is 16.5. The number of carbonyl (C=O) groups excluding carboxylic acids is 1. The number of carbonyl (C=O) groups is 1. The molecule has 0 unspecified atom stereocenters. The van der Waals surface area contributed by atoms with Gasteiger partial charge in [-0.3, -0.25) is 4.98 Å². The molecule has 1 heterocycles. The van der Waals surface area contributed by atoms with Gasteiger partial charge in [0.1, 0.15) is 5.75 Å². The Morgan fingerprint density at radius 1 is 1.08 bits per heavy atom. The summed E-state index contributed by atoms with van der Waals surface area (Å²) in [6.07, 6.45) is 13.1. The van der Waals surface area contributed by atoms with Crippen molar-refractivity contribution in [2.45, 2.75) is 39.5 Å². The van der Waals surface area contributed by atoms with E-state index in [2.05, 4.69) is 36.2 Å². The minimum atomic E-state index is -0.413. The van der Waals surface area contributed by atoms with Gasteiger partial charge in [0.05, 0.1) is 11.9 Å². The largest absolute Gasteiger partial charge is 0.422 e. The van der Waals surface area contributed by atoms with E-state index in [9.17, 15) is 4.79 Å². The number of benzene rings is 1. The highest BCUT2D eigenvalue weighted by Crippen LogP contribution is 2.21. The number of aryl methyl sites for hydroxylation is 1. The molecule has 0 amide bonds. The first-order valence-electron chi connectivity index (χ1n) is 8.79. The zero-order valence-corrected chi connectivity index (χ0v) is 14.9. The zero-order chi connectivity index (χ0) is 17.9. The summed E-state index contributed by atoms with van der Waals surface area (Å²) in [5.41, 5.74) is 3.28. The van der Waals surface area contributed by atoms with Crippen LogP contribution in [0.5, 0.6) is 5.75 Å². The van der Waals surface area contributed by atoms with Gasteiger partial charge in [0, 0.05) is 11.6 Å². The zero-order valence-electron chi connectivity index (χ0n) is 14.9. The Hall–Kier alpha value is -2.68. The molecule has 1 aromatic heterocycles. The Morgan fingerprint density at radius 2 is 1.88 bits per heavy atom. The third-order valence-electron chi connectivity index (χ3n) is 3.81. The highest BCUT2D eigenvalue weighted by molar-refractivity contribution is 5.84. The quantitative estimate of drug-likeness (QED) is 0.276. The summed E-state index contributed by atoms with van der Waals surface area (Å²) in [5.74, 6) is 0.0270. The van der Waals surface area contributed by atoms with Crippen LogP contribution >= 0.6 is 0 Å². The topological polar surface area (TPSA) is 39.2 Å². The Morgan fingerprint density at radius 3 is 2.52 bits per heavy atom. The monoisotopic (exact) mass is 335 g/mol. The van der Waals surface area contributed by atoms with Crippen molar-refractivity contribution in [3.05, 3.63) is 72.5 Å². The van der Waals surface area contributed by atoms with Crippen molar-refractivity contribution in [1.82, 2.24) is 4.98 Å². The van der Waals surface area contributed by atoms with E-state index in [1.807, 2.05) is 19.1 Å². The first-order chi connectivity index (χ1) is 12.2. The standard InChI is InChI=1S/C22H25NO2/c1-3-5-7-9-18-11-13-19(14-12-18)21-16-15-20(17-23-21)25-22(24)10-8-6-4-2/h4,6,8,10-17H,3,5,7,9H2,1-2H3/b6-4+,10-8+. The van der Waals surface area contributed by atoms with Crippen molar-refractivity contribution in [3.8, 4) is 17.0 Å². The Balaban J connectivity index is 1.96. The number of hydrogen-bond acceptors (Lipinski definition) is 3. The van der Waals surface area contributed by atoms with E-state index in [4.69, 9.17) is 4.74 Å². The van der Waals surface area contributed by atoms with E-state index < -0.39 is 5.97 Å². The molecule has 2 rings (SSSR count). The number of aromatic nitrogens is 1. The number of pyridine rings is 1. The van der Waals surface area contributed by atoms with Crippen LogP contribution in [0, 0.1) is 0 Å². The van der Waals surface area contributed by atoms with Crippen LogP contribution < -0.4 is 4.74 Å². The van der Waals surface area contributed by atoms with Crippen LogP contribution in [0.25, 0.3) is 11.3 Å². The third-order valence-corrected chi connectivity index (χ3v) is 3.81. The van der Waals surface area contributed by atoms with Crippen molar-refractivity contribution < 1.29 is 9.53 Å². The molecule has 2 aromatic rings. The summed E-state index contributed by atoms with van der Waals surface area (Å²) in [5, 5.41) is 0. The van der Waals surface area contributed by atoms with Gasteiger partial charge < -0.3 is 4.74 Å². The third kappa shape index (κ3) is 6.38. The van der Waals surface area contributed by atoms with E-state index in [0.717, 1.165) is 17.7 Å². The lowest BCUT2D eigenvalue weighted by Crippen LogP contribution is -2.03. The molecule has 0 saturated heterocycles. The molecule has 0 N–H and O–H groups in total. The molecule has 25 heavy (non-hydrogen) atoms. The number of ether oxygens (including phenoxy) is 1. The van der Waals surface area contributed by atoms with Crippen LogP contribution in [0.4, 0.5) is 0 Å². The predicted octanol–water partition coefficient (Wildman–Crippen LogP) is 5.52. The van der Waals surface area contributed by atoms with E-state index in [1.165, 1.54) is 30.9 Å². The molecule has 3 nitrogen and oxygen atoms in total. The molecule has 1 aromatic carbocycles. The van der Waals surface area contributed by atoms with Gasteiger partial charge in [-0.05, 0) is 37.5 Å². The molecule has 0 radical (unpaired) electrons. The number of nitrogens with zero attached hydrogens (tertiary/aromatic N) is 1. The second-order valence-corrected chi connectivity index (χ2v) is 5.84. The fraction of sp³-hybridized carbons (Fsp3) is 0.273. The summed E-state index contributed by atoms with van der Waals surface area (Å²) >= 11 is 0. The lowest BCUT2D eigenvalue weighted by atomic mass is 10.0. The highest BCUT2D eigenvalue weighted by Gasteiger charge is 2.03. The molecule has 0 aliphatic rings. The van der Waals surface area contributed by atoms with Crippen molar-refractivity contribution in [2.24, 2.45) is 0 Å². The Bertz CT molecular complexity index is 713. The molecule has 0 spiro atoms. The van der Waals surface area contributed by atoms with E-state index in [1.54, 1.807) is 24.4 Å². The maximum atomic E-state index is 11.6. The van der Waals surface area contributed by atoms with E-state index >= 15 is 0 Å². The fourth-order valence-electron chi connectivity index (χ4n) is 2.43. The van der Waals surface area contributed by atoms with Crippen molar-refractivity contribution >= 4 is 5.97 Å². The van der Waals surface area contributed by atoms with Gasteiger partial charge in [-0.25, -0.2) is 4.79 Å². The first-order valence-corrected chi connectivity index (χ1v) is 8.79. The molecule has 0 bridgehead atoms. The minimum absolute atomic E-state index is 0.413. The van der Waals surface area contributed by atoms with Crippen LogP contribution in [0.3, 0.4) is 0 Å². The number of hydrogen-bond donors (Lipinski definition) is 0. The van der Waals surface area contributed by atoms with Crippen molar-refractivity contribution in [1.29, 1.82) is 0 Å². The second-order valence-electron chi connectivity index (χ2n) is 5.84.